The molecule has 0 aliphatic carbocycles. The standard InChI is InChI=1S/C6H9NOS/c1-5(8)6(3-7)4-9-2/h6H,4H2,1-2H3. The zero-order valence-corrected chi connectivity index (χ0v) is 6.36. The summed E-state index contributed by atoms with van der Waals surface area (Å²) in [6.45, 7) is 1.45. The molecule has 1 unspecified atom stereocenters. The van der Waals surface area contributed by atoms with E-state index in [1.54, 1.807) is 0 Å². The fourth-order valence-corrected chi connectivity index (χ4v) is 1.05. The predicted octanol–water partition coefficient (Wildman–Crippen LogP) is 1.08. The van der Waals surface area contributed by atoms with Crippen LogP contribution >= 0.6 is 11.8 Å². The average molecular weight is 143 g/mol. The van der Waals surface area contributed by atoms with Crippen LogP contribution in [0.1, 0.15) is 6.92 Å². The quantitative estimate of drug-likeness (QED) is 0.593. The Hall–Kier alpha value is -0.490. The Morgan fingerprint density at radius 1 is 1.89 bits per heavy atom. The van der Waals surface area contributed by atoms with Gasteiger partial charge in [0, 0.05) is 5.75 Å². The van der Waals surface area contributed by atoms with Gasteiger partial charge >= 0.3 is 0 Å². The van der Waals surface area contributed by atoms with Crippen LogP contribution in [0.2, 0.25) is 0 Å². The van der Waals surface area contributed by atoms with E-state index in [1.807, 2.05) is 12.3 Å². The van der Waals surface area contributed by atoms with E-state index in [4.69, 9.17) is 5.26 Å². The first kappa shape index (κ1) is 8.51. The molecule has 0 bridgehead atoms. The maximum absolute atomic E-state index is 10.5. The molecule has 3 heteroatoms. The van der Waals surface area contributed by atoms with Crippen molar-refractivity contribution in [2.45, 2.75) is 6.92 Å². The highest BCUT2D eigenvalue weighted by molar-refractivity contribution is 7.98. The second-order valence-electron chi connectivity index (χ2n) is 1.75. The summed E-state index contributed by atoms with van der Waals surface area (Å²) in [7, 11) is 0. The van der Waals surface area contributed by atoms with Crippen molar-refractivity contribution in [3.8, 4) is 6.07 Å². The Kier molecular flexibility index (Phi) is 4.16. The highest BCUT2D eigenvalue weighted by atomic mass is 32.2. The molecule has 0 heterocycles. The Bertz CT molecular complexity index is 138. The van der Waals surface area contributed by atoms with Crippen LogP contribution in [0.25, 0.3) is 0 Å². The summed E-state index contributed by atoms with van der Waals surface area (Å²) in [5.74, 6) is 0.179. The summed E-state index contributed by atoms with van der Waals surface area (Å²) < 4.78 is 0. The summed E-state index contributed by atoms with van der Waals surface area (Å²) in [4.78, 5) is 10.5. The van der Waals surface area contributed by atoms with Crippen molar-refractivity contribution in [2.75, 3.05) is 12.0 Å². The van der Waals surface area contributed by atoms with Crippen LogP contribution in [0.3, 0.4) is 0 Å². The molecule has 0 saturated heterocycles. The number of thioether (sulfide) groups is 1. The van der Waals surface area contributed by atoms with Crippen LogP contribution in [0, 0.1) is 17.2 Å². The summed E-state index contributed by atoms with van der Waals surface area (Å²) in [6.07, 6.45) is 1.88. The van der Waals surface area contributed by atoms with Crippen LogP contribution < -0.4 is 0 Å². The number of hydrogen-bond acceptors (Lipinski definition) is 3. The van der Waals surface area contributed by atoms with Gasteiger partial charge in [0.15, 0.2) is 0 Å². The molecule has 0 rings (SSSR count). The van der Waals surface area contributed by atoms with Gasteiger partial charge in [0.05, 0.1) is 6.07 Å². The molecule has 0 amide bonds. The number of carbonyl (C=O) groups excluding carboxylic acids is 1. The lowest BCUT2D eigenvalue weighted by Gasteiger charge is -1.98. The summed E-state index contributed by atoms with van der Waals surface area (Å²) >= 11 is 1.52. The fraction of sp³-hybridized carbons (Fsp3) is 0.667. The number of rotatable bonds is 3. The Morgan fingerprint density at radius 2 is 2.44 bits per heavy atom. The van der Waals surface area contributed by atoms with E-state index >= 15 is 0 Å². The third-order valence-electron chi connectivity index (χ3n) is 0.980. The van der Waals surface area contributed by atoms with Gasteiger partial charge in [0.2, 0.25) is 0 Å². The predicted molar refractivity (Wildman–Crippen MR) is 38.2 cm³/mol. The summed E-state index contributed by atoms with van der Waals surface area (Å²) in [5.41, 5.74) is 0. The molecular weight excluding hydrogens is 134 g/mol. The molecule has 0 aromatic carbocycles. The van der Waals surface area contributed by atoms with Crippen LogP contribution in [0.4, 0.5) is 0 Å². The molecule has 0 aliphatic heterocycles. The highest BCUT2D eigenvalue weighted by Crippen LogP contribution is 2.04. The minimum Gasteiger partial charge on any atom is -0.299 e. The van der Waals surface area contributed by atoms with Crippen molar-refractivity contribution in [3.63, 3.8) is 0 Å². The number of hydrogen-bond donors (Lipinski definition) is 0. The summed E-state index contributed by atoms with van der Waals surface area (Å²) in [6, 6.07) is 1.93. The van der Waals surface area contributed by atoms with Crippen molar-refractivity contribution < 1.29 is 4.79 Å². The van der Waals surface area contributed by atoms with Gasteiger partial charge in [0.1, 0.15) is 11.7 Å². The van der Waals surface area contributed by atoms with Crippen molar-refractivity contribution in [1.82, 2.24) is 0 Å². The number of Topliss-reactive ketones (excluding diaryl/α,β-unsaturated/α-hetero) is 1. The number of carbonyl (C=O) groups is 1. The lowest BCUT2D eigenvalue weighted by Crippen LogP contribution is -2.10. The monoisotopic (exact) mass is 143 g/mol. The van der Waals surface area contributed by atoms with Gasteiger partial charge in [-0.1, -0.05) is 0 Å². The topological polar surface area (TPSA) is 40.9 Å². The maximum atomic E-state index is 10.5. The van der Waals surface area contributed by atoms with Crippen molar-refractivity contribution in [3.05, 3.63) is 0 Å². The van der Waals surface area contributed by atoms with E-state index in [9.17, 15) is 4.79 Å². The van der Waals surface area contributed by atoms with Crippen molar-refractivity contribution in [2.24, 2.45) is 5.92 Å². The third-order valence-corrected chi connectivity index (χ3v) is 1.65. The van der Waals surface area contributed by atoms with Crippen LogP contribution in [-0.2, 0) is 4.79 Å². The third kappa shape index (κ3) is 3.15. The van der Waals surface area contributed by atoms with E-state index in [2.05, 4.69) is 0 Å². The van der Waals surface area contributed by atoms with Crippen molar-refractivity contribution >= 4 is 17.5 Å². The van der Waals surface area contributed by atoms with Crippen LogP contribution in [0.5, 0.6) is 0 Å². The Morgan fingerprint density at radius 3 is 2.56 bits per heavy atom. The number of nitriles is 1. The molecule has 0 radical (unpaired) electrons. The van der Waals surface area contributed by atoms with Gasteiger partial charge in [0.25, 0.3) is 0 Å². The zero-order chi connectivity index (χ0) is 7.28. The van der Waals surface area contributed by atoms with E-state index < -0.39 is 5.92 Å². The molecule has 9 heavy (non-hydrogen) atoms. The molecule has 0 fully saturated rings. The Labute approximate surface area is 59.2 Å². The lowest BCUT2D eigenvalue weighted by molar-refractivity contribution is -0.118. The largest absolute Gasteiger partial charge is 0.299 e. The smallest absolute Gasteiger partial charge is 0.147 e. The maximum Gasteiger partial charge on any atom is 0.147 e. The van der Waals surface area contributed by atoms with E-state index in [-0.39, 0.29) is 5.78 Å². The molecule has 0 aliphatic rings. The summed E-state index contributed by atoms with van der Waals surface area (Å²) in [5, 5.41) is 8.34. The normalized spacial score (nSPS) is 12.1. The minimum absolute atomic E-state index is 0.0353. The van der Waals surface area contributed by atoms with Gasteiger partial charge in [-0.15, -0.1) is 0 Å². The van der Waals surface area contributed by atoms with Gasteiger partial charge in [-0.25, -0.2) is 0 Å². The minimum atomic E-state index is -0.403. The molecule has 1 atom stereocenters. The van der Waals surface area contributed by atoms with Crippen molar-refractivity contribution in [1.29, 1.82) is 5.26 Å². The van der Waals surface area contributed by atoms with Gasteiger partial charge in [-0.2, -0.15) is 17.0 Å². The highest BCUT2D eigenvalue weighted by Gasteiger charge is 2.10. The van der Waals surface area contributed by atoms with Gasteiger partial charge in [-0.3, -0.25) is 4.79 Å². The zero-order valence-electron chi connectivity index (χ0n) is 5.55. The Balaban J connectivity index is 3.72. The molecule has 0 aromatic rings. The van der Waals surface area contributed by atoms with Crippen LogP contribution in [0.15, 0.2) is 0 Å². The molecule has 0 spiro atoms. The van der Waals surface area contributed by atoms with Gasteiger partial charge < -0.3 is 0 Å². The SMILES string of the molecule is CSCC(C#N)C(C)=O. The first-order valence-corrected chi connectivity index (χ1v) is 4.00. The first-order chi connectivity index (χ1) is 4.22. The first-order valence-electron chi connectivity index (χ1n) is 2.61. The molecule has 50 valence electrons. The van der Waals surface area contributed by atoms with Crippen LogP contribution in [-0.4, -0.2) is 17.8 Å². The second kappa shape index (κ2) is 4.39. The van der Waals surface area contributed by atoms with E-state index in [0.29, 0.717) is 5.75 Å². The average Bonchev–Trinajstić information content (AvgIpc) is 1.82. The molecule has 0 aromatic heterocycles. The fourth-order valence-electron chi connectivity index (χ4n) is 0.412. The van der Waals surface area contributed by atoms with E-state index in [0.717, 1.165) is 0 Å². The lowest BCUT2D eigenvalue weighted by atomic mass is 10.1. The molecule has 0 N–H and O–H groups in total. The molecule has 2 nitrogen and oxygen atoms in total. The van der Waals surface area contributed by atoms with Gasteiger partial charge in [-0.05, 0) is 13.2 Å². The molecule has 0 saturated carbocycles. The molecular formula is C6H9NOS. The number of nitrogens with zero attached hydrogens (tertiary/aromatic N) is 1. The van der Waals surface area contributed by atoms with E-state index in [1.165, 1.54) is 18.7 Å². The number of ketones is 1. The second-order valence-corrected chi connectivity index (χ2v) is 2.66.